The molecule has 1 aliphatic rings. The summed E-state index contributed by atoms with van der Waals surface area (Å²) in [6, 6.07) is 53.0. The first-order valence-electron chi connectivity index (χ1n) is 15.4. The quantitative estimate of drug-likeness (QED) is 0.202. The fourth-order valence-corrected chi connectivity index (χ4v) is 7.16. The maximum absolute atomic E-state index is 2.54. The molecule has 0 radical (unpaired) electrons. The molecule has 1 aliphatic carbocycles. The van der Waals surface area contributed by atoms with Gasteiger partial charge in [-0.25, -0.2) is 0 Å². The van der Waals surface area contributed by atoms with E-state index in [0.29, 0.717) is 0 Å². The van der Waals surface area contributed by atoms with Crippen molar-refractivity contribution in [1.29, 1.82) is 0 Å². The van der Waals surface area contributed by atoms with Crippen LogP contribution in [0, 0.1) is 0 Å². The topological polar surface area (TPSA) is 9.86 Å². The van der Waals surface area contributed by atoms with Crippen molar-refractivity contribution in [2.75, 3.05) is 0 Å². The van der Waals surface area contributed by atoms with E-state index >= 15 is 0 Å². The first-order valence-corrected chi connectivity index (χ1v) is 15.4. The summed E-state index contributed by atoms with van der Waals surface area (Å²) in [7, 11) is 0. The lowest BCUT2D eigenvalue weighted by Gasteiger charge is -2.17. The van der Waals surface area contributed by atoms with Gasteiger partial charge >= 0.3 is 0 Å². The second-order valence-corrected chi connectivity index (χ2v) is 11.7. The molecule has 2 heterocycles. The van der Waals surface area contributed by atoms with Gasteiger partial charge in [0, 0.05) is 38.8 Å². The number of hydrogen-bond acceptors (Lipinski definition) is 0. The Bertz CT molecular complexity index is 2300. The summed E-state index contributed by atoms with van der Waals surface area (Å²) in [5.74, 6) is 0. The van der Waals surface area contributed by atoms with Crippen molar-refractivity contribution in [2.45, 2.75) is 12.8 Å². The van der Waals surface area contributed by atoms with E-state index in [1.54, 1.807) is 0 Å². The summed E-state index contributed by atoms with van der Waals surface area (Å²) in [5.41, 5.74) is 13.7. The van der Waals surface area contributed by atoms with Gasteiger partial charge in [-0.05, 0) is 83.6 Å². The van der Waals surface area contributed by atoms with Gasteiger partial charge in [0.15, 0.2) is 0 Å². The molecule has 8 aromatic rings. The maximum atomic E-state index is 2.54. The molecule has 0 saturated carbocycles. The molecule has 0 saturated heterocycles. The Morgan fingerprint density at radius 3 is 1.73 bits per heavy atom. The summed E-state index contributed by atoms with van der Waals surface area (Å²) < 4.78 is 4.96. The van der Waals surface area contributed by atoms with E-state index in [1.807, 2.05) is 0 Å². The standard InChI is InChI=1S/C42H30N2/c1-4-14-29(15-5-1)31-24-32(30-16-6-2-7-17-30)26-34(25-31)44-40-23-13-11-21-36(40)38-27-37-35-20-10-12-22-39(35)43(41(37)28-42(38)44)33-18-8-3-9-19-33/h1-12,14-22,24-28H,13,23H2. The molecule has 0 bridgehead atoms. The average molecular weight is 563 g/mol. The van der Waals surface area contributed by atoms with Gasteiger partial charge < -0.3 is 9.13 Å². The number of benzene rings is 6. The molecule has 44 heavy (non-hydrogen) atoms. The Morgan fingerprint density at radius 1 is 0.409 bits per heavy atom. The predicted molar refractivity (Wildman–Crippen MR) is 186 cm³/mol. The molecular weight excluding hydrogens is 532 g/mol. The lowest BCUT2D eigenvalue weighted by molar-refractivity contribution is 0.889. The second kappa shape index (κ2) is 10.00. The molecule has 2 heteroatoms. The molecular formula is C42H30N2. The van der Waals surface area contributed by atoms with Crippen molar-refractivity contribution in [1.82, 2.24) is 9.13 Å². The van der Waals surface area contributed by atoms with E-state index in [4.69, 9.17) is 0 Å². The van der Waals surface area contributed by atoms with Crippen LogP contribution >= 0.6 is 0 Å². The van der Waals surface area contributed by atoms with Gasteiger partial charge in [-0.3, -0.25) is 0 Å². The Hall–Kier alpha value is -5.60. The smallest absolute Gasteiger partial charge is 0.0562 e. The second-order valence-electron chi connectivity index (χ2n) is 11.7. The molecule has 0 aliphatic heterocycles. The zero-order valence-electron chi connectivity index (χ0n) is 24.3. The summed E-state index contributed by atoms with van der Waals surface area (Å²) in [6.07, 6.45) is 6.74. The fourth-order valence-electron chi connectivity index (χ4n) is 7.16. The van der Waals surface area contributed by atoms with Gasteiger partial charge in [0.1, 0.15) is 0 Å². The van der Waals surface area contributed by atoms with Crippen LogP contribution in [0.3, 0.4) is 0 Å². The molecule has 6 aromatic carbocycles. The number of para-hydroxylation sites is 2. The van der Waals surface area contributed by atoms with Crippen molar-refractivity contribution < 1.29 is 0 Å². The van der Waals surface area contributed by atoms with Crippen molar-refractivity contribution in [2.24, 2.45) is 0 Å². The van der Waals surface area contributed by atoms with Crippen LogP contribution < -0.4 is 0 Å². The lowest BCUT2D eigenvalue weighted by atomic mass is 9.97. The zero-order valence-corrected chi connectivity index (χ0v) is 24.3. The molecule has 9 rings (SSSR count). The molecule has 0 amide bonds. The van der Waals surface area contributed by atoms with Gasteiger partial charge in [0.25, 0.3) is 0 Å². The third-order valence-electron chi connectivity index (χ3n) is 9.14. The van der Waals surface area contributed by atoms with Gasteiger partial charge in [-0.15, -0.1) is 0 Å². The normalized spacial score (nSPS) is 12.7. The Kier molecular flexibility index (Phi) is 5.67. The minimum Gasteiger partial charge on any atom is -0.313 e. The first kappa shape index (κ1) is 24.9. The van der Waals surface area contributed by atoms with E-state index in [1.165, 1.54) is 77.6 Å². The molecule has 0 atom stereocenters. The third-order valence-corrected chi connectivity index (χ3v) is 9.14. The Balaban J connectivity index is 1.39. The molecule has 2 nitrogen and oxygen atoms in total. The van der Waals surface area contributed by atoms with Gasteiger partial charge in [0.05, 0.1) is 16.6 Å². The maximum Gasteiger partial charge on any atom is 0.0562 e. The number of aromatic nitrogens is 2. The molecule has 0 N–H and O–H groups in total. The summed E-state index contributed by atoms with van der Waals surface area (Å²) in [6.45, 7) is 0. The SMILES string of the molecule is C1=Cc2c(n(-c3cc(-c4ccccc4)cc(-c4ccccc4)c3)c3cc4c(cc23)c2ccccc2n4-c2ccccc2)CC1. The summed E-state index contributed by atoms with van der Waals surface area (Å²) in [4.78, 5) is 0. The van der Waals surface area contributed by atoms with E-state index in [-0.39, 0.29) is 0 Å². The van der Waals surface area contributed by atoms with E-state index in [2.05, 4.69) is 167 Å². The van der Waals surface area contributed by atoms with Crippen LogP contribution in [0.4, 0.5) is 0 Å². The molecule has 0 spiro atoms. The molecule has 2 aromatic heterocycles. The number of nitrogens with zero attached hydrogens (tertiary/aromatic N) is 2. The molecule has 208 valence electrons. The monoisotopic (exact) mass is 562 g/mol. The van der Waals surface area contributed by atoms with Crippen LogP contribution in [0.2, 0.25) is 0 Å². The fraction of sp³-hybridized carbons (Fsp3) is 0.0476. The zero-order chi connectivity index (χ0) is 29.0. The average Bonchev–Trinajstić information content (AvgIpc) is 3.60. The number of hydrogen-bond donors (Lipinski definition) is 0. The molecule has 0 fully saturated rings. The largest absolute Gasteiger partial charge is 0.313 e. The highest BCUT2D eigenvalue weighted by Gasteiger charge is 2.22. The Morgan fingerprint density at radius 2 is 1.02 bits per heavy atom. The van der Waals surface area contributed by atoms with Gasteiger partial charge in [-0.1, -0.05) is 109 Å². The number of fused-ring (bicyclic) bond motifs is 6. The Labute approximate surface area is 256 Å². The van der Waals surface area contributed by atoms with Crippen LogP contribution in [-0.4, -0.2) is 9.13 Å². The minimum atomic E-state index is 1.01. The van der Waals surface area contributed by atoms with Crippen LogP contribution in [0.1, 0.15) is 17.7 Å². The van der Waals surface area contributed by atoms with Crippen LogP contribution in [0.15, 0.2) is 152 Å². The molecule has 0 unspecified atom stereocenters. The van der Waals surface area contributed by atoms with Gasteiger partial charge in [0.2, 0.25) is 0 Å². The van der Waals surface area contributed by atoms with Gasteiger partial charge in [-0.2, -0.15) is 0 Å². The van der Waals surface area contributed by atoms with Crippen LogP contribution in [0.5, 0.6) is 0 Å². The predicted octanol–water partition coefficient (Wildman–Crippen LogP) is 11.0. The number of rotatable bonds is 4. The van der Waals surface area contributed by atoms with Crippen LogP contribution in [0.25, 0.3) is 72.4 Å². The summed E-state index contributed by atoms with van der Waals surface area (Å²) >= 11 is 0. The van der Waals surface area contributed by atoms with Crippen molar-refractivity contribution in [3.05, 3.63) is 163 Å². The lowest BCUT2D eigenvalue weighted by Crippen LogP contribution is -2.04. The van der Waals surface area contributed by atoms with Crippen LogP contribution in [-0.2, 0) is 6.42 Å². The van der Waals surface area contributed by atoms with Crippen molar-refractivity contribution in [3.63, 3.8) is 0 Å². The highest BCUT2D eigenvalue weighted by molar-refractivity contribution is 6.14. The van der Waals surface area contributed by atoms with E-state index in [9.17, 15) is 0 Å². The highest BCUT2D eigenvalue weighted by atomic mass is 15.0. The van der Waals surface area contributed by atoms with E-state index in [0.717, 1.165) is 12.8 Å². The van der Waals surface area contributed by atoms with E-state index < -0.39 is 0 Å². The third kappa shape index (κ3) is 3.88. The highest BCUT2D eigenvalue weighted by Crippen LogP contribution is 2.41. The minimum absolute atomic E-state index is 1.01. The summed E-state index contributed by atoms with van der Waals surface area (Å²) in [5, 5.41) is 3.89. The van der Waals surface area contributed by atoms with Crippen molar-refractivity contribution >= 4 is 38.8 Å². The van der Waals surface area contributed by atoms with Crippen molar-refractivity contribution in [3.8, 4) is 33.6 Å². The first-order chi connectivity index (χ1) is 21.8. The number of allylic oxidation sites excluding steroid dienone is 1.